The highest BCUT2D eigenvalue weighted by atomic mass is 16.5. The van der Waals surface area contributed by atoms with Crippen molar-refractivity contribution in [2.24, 2.45) is 0 Å². The van der Waals surface area contributed by atoms with Gasteiger partial charge >= 0.3 is 0 Å². The quantitative estimate of drug-likeness (QED) is 0.824. The first-order valence-electron chi connectivity index (χ1n) is 6.38. The van der Waals surface area contributed by atoms with E-state index in [1.165, 1.54) is 12.3 Å². The summed E-state index contributed by atoms with van der Waals surface area (Å²) in [6.07, 6.45) is 3.05. The van der Waals surface area contributed by atoms with Gasteiger partial charge in [-0.2, -0.15) is 0 Å². The molecule has 0 atom stereocenters. The Labute approximate surface area is 111 Å². The van der Waals surface area contributed by atoms with E-state index in [0.717, 1.165) is 12.8 Å². The molecule has 0 saturated carbocycles. The van der Waals surface area contributed by atoms with Crippen LogP contribution in [-0.4, -0.2) is 58.4 Å². The van der Waals surface area contributed by atoms with Gasteiger partial charge in [-0.3, -0.25) is 4.79 Å². The Morgan fingerprint density at radius 1 is 1.47 bits per heavy atom. The van der Waals surface area contributed by atoms with Crippen LogP contribution >= 0.6 is 0 Å². The molecule has 104 valence electrons. The minimum absolute atomic E-state index is 0.0148. The zero-order valence-electron chi connectivity index (χ0n) is 10.7. The fourth-order valence-electron chi connectivity index (χ4n) is 2.16. The molecule has 1 aliphatic heterocycles. The largest absolute Gasteiger partial charge is 0.505 e. The van der Waals surface area contributed by atoms with Crippen molar-refractivity contribution < 1.29 is 19.7 Å². The van der Waals surface area contributed by atoms with Crippen LogP contribution in [-0.2, 0) is 4.74 Å². The lowest BCUT2D eigenvalue weighted by molar-refractivity contribution is -0.00569. The van der Waals surface area contributed by atoms with Gasteiger partial charge in [-0.05, 0) is 25.0 Å². The minimum Gasteiger partial charge on any atom is -0.505 e. The third kappa shape index (κ3) is 3.42. The van der Waals surface area contributed by atoms with E-state index in [9.17, 15) is 9.90 Å². The second-order valence-corrected chi connectivity index (χ2v) is 4.46. The predicted octanol–water partition coefficient (Wildman–Crippen LogP) is 0.401. The fraction of sp³-hybridized carbons (Fsp3) is 0.538. The second kappa shape index (κ2) is 6.49. The number of ether oxygens (including phenoxy) is 1. The van der Waals surface area contributed by atoms with Gasteiger partial charge in [0.1, 0.15) is 5.75 Å². The van der Waals surface area contributed by atoms with Crippen LogP contribution in [0.3, 0.4) is 0 Å². The molecular weight excluding hydrogens is 248 g/mol. The summed E-state index contributed by atoms with van der Waals surface area (Å²) >= 11 is 0. The average molecular weight is 266 g/mol. The lowest BCUT2D eigenvalue weighted by Gasteiger charge is -2.31. The molecule has 1 aromatic heterocycles. The summed E-state index contributed by atoms with van der Waals surface area (Å²) in [6.45, 7) is 1.50. The van der Waals surface area contributed by atoms with Crippen LogP contribution in [0.25, 0.3) is 0 Å². The summed E-state index contributed by atoms with van der Waals surface area (Å²) in [6, 6.07) is 3.04. The van der Waals surface area contributed by atoms with Crippen LogP contribution in [0.15, 0.2) is 18.3 Å². The number of carbonyl (C=O) groups excluding carboxylic acids is 1. The van der Waals surface area contributed by atoms with Gasteiger partial charge in [0.2, 0.25) is 0 Å². The molecule has 6 nitrogen and oxygen atoms in total. The van der Waals surface area contributed by atoms with Crippen molar-refractivity contribution in [3.63, 3.8) is 0 Å². The normalized spacial score (nSPS) is 16.6. The third-order valence-electron chi connectivity index (χ3n) is 3.16. The van der Waals surface area contributed by atoms with Gasteiger partial charge in [0, 0.05) is 19.3 Å². The molecule has 2 heterocycles. The lowest BCUT2D eigenvalue weighted by atomic mass is 10.1. The molecule has 0 aliphatic carbocycles. The summed E-state index contributed by atoms with van der Waals surface area (Å²) in [7, 11) is 0. The van der Waals surface area contributed by atoms with Gasteiger partial charge < -0.3 is 19.8 Å². The molecule has 2 rings (SSSR count). The van der Waals surface area contributed by atoms with Crippen LogP contribution in [0.1, 0.15) is 23.3 Å². The maximum absolute atomic E-state index is 12.2. The maximum Gasteiger partial charge on any atom is 0.276 e. The monoisotopic (exact) mass is 266 g/mol. The highest BCUT2D eigenvalue weighted by Gasteiger charge is 2.26. The molecule has 19 heavy (non-hydrogen) atoms. The Kier molecular flexibility index (Phi) is 4.70. The number of hydrogen-bond acceptors (Lipinski definition) is 5. The van der Waals surface area contributed by atoms with Gasteiger partial charge in [0.25, 0.3) is 5.91 Å². The van der Waals surface area contributed by atoms with Crippen molar-refractivity contribution in [2.75, 3.05) is 26.3 Å². The molecule has 0 radical (unpaired) electrons. The number of pyridine rings is 1. The van der Waals surface area contributed by atoms with Crippen molar-refractivity contribution in [2.45, 2.75) is 18.9 Å². The van der Waals surface area contributed by atoms with Crippen molar-refractivity contribution >= 4 is 5.91 Å². The molecule has 0 unspecified atom stereocenters. The van der Waals surface area contributed by atoms with Crippen LogP contribution in [0.4, 0.5) is 0 Å². The number of amides is 1. The Morgan fingerprint density at radius 2 is 2.21 bits per heavy atom. The summed E-state index contributed by atoms with van der Waals surface area (Å²) in [5.41, 5.74) is 0.0947. The zero-order chi connectivity index (χ0) is 13.7. The van der Waals surface area contributed by atoms with E-state index in [-0.39, 0.29) is 30.1 Å². The van der Waals surface area contributed by atoms with Crippen LogP contribution in [0.5, 0.6) is 5.75 Å². The molecule has 0 spiro atoms. The number of carbonyl (C=O) groups is 1. The number of aromatic nitrogens is 1. The molecule has 6 heteroatoms. The molecule has 1 fully saturated rings. The van der Waals surface area contributed by atoms with Crippen LogP contribution in [0, 0.1) is 0 Å². The Morgan fingerprint density at radius 3 is 2.84 bits per heavy atom. The first kappa shape index (κ1) is 13.8. The smallest absolute Gasteiger partial charge is 0.276 e. The summed E-state index contributed by atoms with van der Waals surface area (Å²) in [5.74, 6) is -0.343. The number of nitrogens with zero attached hydrogens (tertiary/aromatic N) is 2. The van der Waals surface area contributed by atoms with E-state index in [2.05, 4.69) is 4.98 Å². The lowest BCUT2D eigenvalue weighted by Crippen LogP contribution is -2.41. The van der Waals surface area contributed by atoms with Gasteiger partial charge in [-0.25, -0.2) is 4.98 Å². The van der Waals surface area contributed by atoms with E-state index < -0.39 is 0 Å². The van der Waals surface area contributed by atoms with Crippen LogP contribution < -0.4 is 0 Å². The third-order valence-corrected chi connectivity index (χ3v) is 3.16. The number of piperidine rings is 1. The standard InChI is InChI=1S/C13H18N2O4/c16-8-9-19-10-3-6-15(7-4-10)13(18)12-11(17)2-1-5-14-12/h1-2,5,10,16-17H,3-4,6-9H2. The van der Waals surface area contributed by atoms with Crippen molar-refractivity contribution in [1.29, 1.82) is 0 Å². The number of aliphatic hydroxyl groups excluding tert-OH is 1. The van der Waals surface area contributed by atoms with Crippen molar-refractivity contribution in [3.05, 3.63) is 24.0 Å². The number of aliphatic hydroxyl groups is 1. The number of hydrogen-bond donors (Lipinski definition) is 2. The van der Waals surface area contributed by atoms with Gasteiger partial charge in [-0.15, -0.1) is 0 Å². The summed E-state index contributed by atoms with van der Waals surface area (Å²) in [4.78, 5) is 17.7. The molecule has 2 N–H and O–H groups in total. The zero-order valence-corrected chi connectivity index (χ0v) is 10.7. The van der Waals surface area contributed by atoms with Crippen molar-refractivity contribution in [1.82, 2.24) is 9.88 Å². The predicted molar refractivity (Wildman–Crippen MR) is 67.9 cm³/mol. The van der Waals surface area contributed by atoms with Gasteiger partial charge in [0.05, 0.1) is 19.3 Å². The minimum atomic E-state index is -0.251. The highest BCUT2D eigenvalue weighted by molar-refractivity contribution is 5.94. The first-order valence-corrected chi connectivity index (χ1v) is 6.38. The number of aromatic hydroxyl groups is 1. The fourth-order valence-corrected chi connectivity index (χ4v) is 2.16. The number of rotatable bonds is 4. The van der Waals surface area contributed by atoms with Crippen molar-refractivity contribution in [3.8, 4) is 5.75 Å². The SMILES string of the molecule is O=C(c1ncccc1O)N1CCC(OCCO)CC1. The van der Waals surface area contributed by atoms with Gasteiger partial charge in [0.15, 0.2) is 5.69 Å². The Bertz CT molecular complexity index is 430. The molecule has 1 aromatic rings. The van der Waals surface area contributed by atoms with E-state index in [0.29, 0.717) is 19.7 Å². The van der Waals surface area contributed by atoms with E-state index in [1.807, 2.05) is 0 Å². The maximum atomic E-state index is 12.2. The summed E-state index contributed by atoms with van der Waals surface area (Å²) in [5, 5.41) is 18.3. The number of likely N-dealkylation sites (tertiary alicyclic amines) is 1. The van der Waals surface area contributed by atoms with E-state index >= 15 is 0 Å². The molecule has 1 saturated heterocycles. The molecule has 1 aliphatic rings. The molecular formula is C13H18N2O4. The highest BCUT2D eigenvalue weighted by Crippen LogP contribution is 2.19. The topological polar surface area (TPSA) is 82.9 Å². The Hall–Kier alpha value is -1.66. The second-order valence-electron chi connectivity index (χ2n) is 4.46. The molecule has 1 amide bonds. The van der Waals surface area contributed by atoms with Crippen LogP contribution in [0.2, 0.25) is 0 Å². The van der Waals surface area contributed by atoms with E-state index in [4.69, 9.17) is 9.84 Å². The summed E-state index contributed by atoms with van der Waals surface area (Å²) < 4.78 is 5.44. The average Bonchev–Trinajstić information content (AvgIpc) is 2.45. The van der Waals surface area contributed by atoms with Gasteiger partial charge in [-0.1, -0.05) is 0 Å². The van der Waals surface area contributed by atoms with E-state index in [1.54, 1.807) is 11.0 Å². The molecule has 0 bridgehead atoms. The first-order chi connectivity index (χ1) is 9.22. The Balaban J connectivity index is 1.91. The molecule has 0 aromatic carbocycles.